The van der Waals surface area contributed by atoms with Crippen molar-refractivity contribution in [2.24, 2.45) is 5.41 Å². The van der Waals surface area contributed by atoms with Crippen molar-refractivity contribution in [2.45, 2.75) is 31.7 Å². The molecule has 0 radical (unpaired) electrons. The summed E-state index contributed by atoms with van der Waals surface area (Å²) in [7, 11) is 2.80. The Bertz CT molecular complexity index is 1160. The highest BCUT2D eigenvalue weighted by Crippen LogP contribution is 2.40. The molecule has 2 heterocycles. The highest BCUT2D eigenvalue weighted by Gasteiger charge is 2.43. The van der Waals surface area contributed by atoms with Crippen LogP contribution >= 0.6 is 0 Å². The van der Waals surface area contributed by atoms with Gasteiger partial charge in [-0.2, -0.15) is 0 Å². The number of carbonyl (C=O) groups is 4. The molecule has 4 rings (SSSR count). The monoisotopic (exact) mass is 522 g/mol. The first kappa shape index (κ1) is 27.0. The summed E-state index contributed by atoms with van der Waals surface area (Å²) in [6.07, 6.45) is 2.22. The molecule has 0 aliphatic carbocycles. The predicted octanol–water partition coefficient (Wildman–Crippen LogP) is 2.90. The van der Waals surface area contributed by atoms with Gasteiger partial charge in [-0.15, -0.1) is 0 Å². The minimum absolute atomic E-state index is 0.0646. The molecule has 1 atom stereocenters. The molecular weight excluding hydrogens is 488 g/mol. The molecule has 2 aromatic carbocycles. The summed E-state index contributed by atoms with van der Waals surface area (Å²) in [5.41, 5.74) is 0.957. The first-order valence-electron chi connectivity index (χ1n) is 12.7. The molecule has 202 valence electrons. The van der Waals surface area contributed by atoms with Gasteiger partial charge in [-0.05, 0) is 48.9 Å². The van der Waals surface area contributed by atoms with E-state index in [0.29, 0.717) is 43.2 Å². The second-order valence-corrected chi connectivity index (χ2v) is 9.80. The summed E-state index contributed by atoms with van der Waals surface area (Å²) in [5, 5.41) is 5.56. The fraction of sp³-hybridized carbons (Fsp3) is 0.429. The number of hydrogen-bond donors (Lipinski definition) is 2. The fourth-order valence-corrected chi connectivity index (χ4v) is 5.15. The van der Waals surface area contributed by atoms with Crippen LogP contribution in [0.2, 0.25) is 0 Å². The zero-order valence-corrected chi connectivity index (χ0v) is 21.8. The van der Waals surface area contributed by atoms with Crippen molar-refractivity contribution in [1.82, 2.24) is 15.1 Å². The minimum atomic E-state index is -1.07. The smallest absolute Gasteiger partial charge is 0.328 e. The van der Waals surface area contributed by atoms with Crippen LogP contribution < -0.4 is 15.4 Å². The Morgan fingerprint density at radius 1 is 0.895 bits per heavy atom. The first-order valence-corrected chi connectivity index (χ1v) is 12.7. The molecular formula is C28H34N4O6. The lowest BCUT2D eigenvalue weighted by Gasteiger charge is -2.39. The quantitative estimate of drug-likeness (QED) is 0.540. The van der Waals surface area contributed by atoms with E-state index in [4.69, 9.17) is 9.47 Å². The average Bonchev–Trinajstić information content (AvgIpc) is 3.36. The van der Waals surface area contributed by atoms with E-state index < -0.39 is 17.9 Å². The molecule has 1 unspecified atom stereocenters. The Balaban J connectivity index is 1.30. The van der Waals surface area contributed by atoms with Crippen molar-refractivity contribution in [3.05, 3.63) is 60.2 Å². The van der Waals surface area contributed by atoms with Gasteiger partial charge in [0.15, 0.2) is 0 Å². The zero-order chi connectivity index (χ0) is 27.1. The number of rotatable bonds is 7. The van der Waals surface area contributed by atoms with Crippen LogP contribution in [0.3, 0.4) is 0 Å². The van der Waals surface area contributed by atoms with Crippen molar-refractivity contribution in [1.29, 1.82) is 0 Å². The summed E-state index contributed by atoms with van der Waals surface area (Å²) in [6.45, 7) is 2.31. The molecule has 0 bridgehead atoms. The predicted molar refractivity (Wildman–Crippen MR) is 141 cm³/mol. The van der Waals surface area contributed by atoms with Crippen LogP contribution in [-0.2, 0) is 14.3 Å². The van der Waals surface area contributed by atoms with Crippen LogP contribution in [0.25, 0.3) is 0 Å². The number of ether oxygens (including phenoxy) is 2. The number of anilines is 1. The van der Waals surface area contributed by atoms with Gasteiger partial charge in [0.25, 0.3) is 5.91 Å². The second kappa shape index (κ2) is 12.0. The molecule has 10 heteroatoms. The topological polar surface area (TPSA) is 117 Å². The van der Waals surface area contributed by atoms with Gasteiger partial charge < -0.3 is 29.9 Å². The highest BCUT2D eigenvalue weighted by molar-refractivity contribution is 5.98. The van der Waals surface area contributed by atoms with Crippen LogP contribution in [-0.4, -0.2) is 80.1 Å². The summed E-state index contributed by atoms with van der Waals surface area (Å²) >= 11 is 0. The number of nitrogens with one attached hydrogen (secondary N) is 2. The van der Waals surface area contributed by atoms with Gasteiger partial charge in [0, 0.05) is 31.7 Å². The normalized spacial score (nSPS) is 17.0. The molecule has 38 heavy (non-hydrogen) atoms. The maximum atomic E-state index is 13.1. The van der Waals surface area contributed by atoms with Crippen molar-refractivity contribution in [2.75, 3.05) is 45.7 Å². The van der Waals surface area contributed by atoms with E-state index in [9.17, 15) is 19.2 Å². The van der Waals surface area contributed by atoms with E-state index in [-0.39, 0.29) is 23.8 Å². The molecule has 10 nitrogen and oxygen atoms in total. The molecule has 0 aromatic heterocycles. The van der Waals surface area contributed by atoms with E-state index >= 15 is 0 Å². The number of likely N-dealkylation sites (tertiary alicyclic amines) is 2. The number of para-hydroxylation sites is 2. The number of methoxy groups -OCH3 is 2. The van der Waals surface area contributed by atoms with Crippen LogP contribution in [0, 0.1) is 5.41 Å². The lowest BCUT2D eigenvalue weighted by molar-refractivity contribution is -0.146. The van der Waals surface area contributed by atoms with Gasteiger partial charge in [-0.25, -0.2) is 9.59 Å². The Morgan fingerprint density at radius 3 is 2.18 bits per heavy atom. The zero-order valence-electron chi connectivity index (χ0n) is 21.8. The number of hydrogen-bond acceptors (Lipinski definition) is 6. The molecule has 2 aliphatic heterocycles. The maximum Gasteiger partial charge on any atom is 0.328 e. The number of nitrogens with zero attached hydrogens (tertiary/aromatic N) is 2. The van der Waals surface area contributed by atoms with Gasteiger partial charge in [0.2, 0.25) is 5.91 Å². The van der Waals surface area contributed by atoms with E-state index in [1.54, 1.807) is 59.4 Å². The Hall–Kier alpha value is -4.08. The van der Waals surface area contributed by atoms with E-state index in [0.717, 1.165) is 19.3 Å². The number of piperidine rings is 1. The number of amides is 4. The minimum Gasteiger partial charge on any atom is -0.495 e. The highest BCUT2D eigenvalue weighted by atomic mass is 16.5. The number of esters is 1. The number of carbonyl (C=O) groups excluding carboxylic acids is 4. The van der Waals surface area contributed by atoms with E-state index in [1.165, 1.54) is 7.11 Å². The lowest BCUT2D eigenvalue weighted by atomic mass is 9.78. The Morgan fingerprint density at radius 2 is 1.53 bits per heavy atom. The van der Waals surface area contributed by atoms with Gasteiger partial charge in [0.05, 0.1) is 26.3 Å². The van der Waals surface area contributed by atoms with Gasteiger partial charge in [-0.3, -0.25) is 9.59 Å². The van der Waals surface area contributed by atoms with E-state index in [1.807, 2.05) is 12.1 Å². The van der Waals surface area contributed by atoms with Crippen molar-refractivity contribution in [3.63, 3.8) is 0 Å². The SMILES string of the molecule is COC(=O)C(CC(=O)N1CCC2(CCN(C(=O)Nc3ccccc3OC)CC2)C1)NC(=O)c1ccccc1. The van der Waals surface area contributed by atoms with Gasteiger partial charge in [-0.1, -0.05) is 30.3 Å². The van der Waals surface area contributed by atoms with Gasteiger partial charge in [0.1, 0.15) is 11.8 Å². The molecule has 2 N–H and O–H groups in total. The van der Waals surface area contributed by atoms with Crippen molar-refractivity contribution < 1.29 is 28.7 Å². The Kier molecular flexibility index (Phi) is 8.50. The largest absolute Gasteiger partial charge is 0.495 e. The standard InChI is InChI=1S/C28H34N4O6/c1-37-23-11-7-6-10-21(23)30-27(36)31-15-12-28(13-16-31)14-17-32(19-28)24(33)18-22(26(35)38-2)29-25(34)20-8-4-3-5-9-20/h3-11,22H,12-19H2,1-2H3,(H,29,34)(H,30,36). The lowest BCUT2D eigenvalue weighted by Crippen LogP contribution is -2.47. The summed E-state index contributed by atoms with van der Waals surface area (Å²) in [5.74, 6) is -0.706. The third-order valence-corrected chi connectivity index (χ3v) is 7.46. The third-order valence-electron chi connectivity index (χ3n) is 7.46. The van der Waals surface area contributed by atoms with E-state index in [2.05, 4.69) is 10.6 Å². The molecule has 0 saturated carbocycles. The van der Waals surface area contributed by atoms with Crippen LogP contribution in [0.4, 0.5) is 10.5 Å². The molecule has 2 aromatic rings. The maximum absolute atomic E-state index is 13.1. The molecule has 2 saturated heterocycles. The summed E-state index contributed by atoms with van der Waals surface area (Å²) in [6, 6.07) is 14.5. The second-order valence-electron chi connectivity index (χ2n) is 9.80. The summed E-state index contributed by atoms with van der Waals surface area (Å²) < 4.78 is 10.2. The van der Waals surface area contributed by atoms with Gasteiger partial charge >= 0.3 is 12.0 Å². The molecule has 4 amide bonds. The van der Waals surface area contributed by atoms with Crippen LogP contribution in [0.5, 0.6) is 5.75 Å². The molecule has 2 aliphatic rings. The fourth-order valence-electron chi connectivity index (χ4n) is 5.15. The molecule has 2 fully saturated rings. The van der Waals surface area contributed by atoms with Crippen LogP contribution in [0.1, 0.15) is 36.0 Å². The summed E-state index contributed by atoms with van der Waals surface area (Å²) in [4.78, 5) is 54.4. The number of urea groups is 1. The first-order chi connectivity index (χ1) is 18.3. The molecule has 1 spiro atoms. The number of benzene rings is 2. The Labute approximate surface area is 222 Å². The van der Waals surface area contributed by atoms with Crippen molar-refractivity contribution in [3.8, 4) is 5.75 Å². The van der Waals surface area contributed by atoms with Crippen molar-refractivity contribution >= 4 is 29.5 Å². The van der Waals surface area contributed by atoms with Crippen LogP contribution in [0.15, 0.2) is 54.6 Å². The average molecular weight is 523 g/mol. The third kappa shape index (κ3) is 6.24.